The van der Waals surface area contributed by atoms with E-state index in [1.165, 1.54) is 0 Å². The number of para-hydroxylation sites is 1. The number of nitrogens with zero attached hydrogens (tertiary/aromatic N) is 1. The van der Waals surface area contributed by atoms with Crippen molar-refractivity contribution < 1.29 is 47.2 Å². The fourth-order valence-electron chi connectivity index (χ4n) is 5.90. The van der Waals surface area contributed by atoms with E-state index < -0.39 is 6.17 Å². The molecule has 1 aliphatic heterocycles. The molecule has 1 unspecified atom stereocenters. The Balaban J connectivity index is 1.08. The summed E-state index contributed by atoms with van der Waals surface area (Å²) < 4.78 is 51.4. The first kappa shape index (κ1) is 36.3. The highest BCUT2D eigenvalue weighted by molar-refractivity contribution is 6.01. The second-order valence-corrected chi connectivity index (χ2v) is 11.8. The van der Waals surface area contributed by atoms with Gasteiger partial charge >= 0.3 is 0 Å². The number of rotatable bonds is 16. The van der Waals surface area contributed by atoms with Crippen LogP contribution < -0.4 is 48.5 Å². The maximum absolute atomic E-state index is 12.6. The van der Waals surface area contributed by atoms with E-state index in [1.54, 1.807) is 79.1 Å². The topological polar surface area (TPSA) is 141 Å². The third-order valence-electron chi connectivity index (χ3n) is 8.59. The molecular formula is C40H41N3O10. The summed E-state index contributed by atoms with van der Waals surface area (Å²) >= 11 is 0. The number of methoxy groups -OCH3 is 6. The molecule has 13 heteroatoms. The molecule has 2 heterocycles. The van der Waals surface area contributed by atoms with Crippen molar-refractivity contribution in [3.63, 3.8) is 0 Å². The molecule has 4 aromatic carbocycles. The number of ether oxygens (including phenoxy) is 8. The smallest absolute Gasteiger partial charge is 0.255 e. The average Bonchev–Trinajstić information content (AvgIpc) is 3.69. The van der Waals surface area contributed by atoms with Crippen LogP contribution in [-0.4, -0.2) is 60.3 Å². The molecule has 1 aromatic heterocycles. The van der Waals surface area contributed by atoms with Crippen LogP contribution in [0.5, 0.6) is 46.0 Å². The minimum atomic E-state index is -0.411. The molecule has 53 heavy (non-hydrogen) atoms. The maximum Gasteiger partial charge on any atom is 0.255 e. The largest absolute Gasteiger partial charge is 0.493 e. The molecule has 5 aromatic rings. The van der Waals surface area contributed by atoms with Crippen LogP contribution in [0, 0.1) is 0 Å². The second kappa shape index (κ2) is 16.2. The standard InChI is InChI=1S/C40H41N3O10/c1-23(11-10-16-51-30-15-14-24(17-32(30)45-2)39-41-28-13-9-8-12-27(28)40(44)42-39)52-38-35(48-5)20-26(21-36(38)49-6)31-22-29(43-53-31)25-18-33(46-3)37(50-7)34(19-25)47-4/h8-9,12-15,17-22,39,41H,1,10-11,16H2,2-7H3,(H,42,44). The van der Waals surface area contributed by atoms with Crippen LogP contribution >= 0.6 is 0 Å². The van der Waals surface area contributed by atoms with Crippen molar-refractivity contribution in [3.05, 3.63) is 96.3 Å². The predicted molar refractivity (Wildman–Crippen MR) is 198 cm³/mol. The molecule has 13 nitrogen and oxygen atoms in total. The van der Waals surface area contributed by atoms with Crippen molar-refractivity contribution in [1.29, 1.82) is 0 Å². The Morgan fingerprint density at radius 2 is 1.36 bits per heavy atom. The van der Waals surface area contributed by atoms with E-state index in [4.69, 9.17) is 42.4 Å². The van der Waals surface area contributed by atoms with E-state index in [2.05, 4.69) is 22.4 Å². The number of amides is 1. The monoisotopic (exact) mass is 723 g/mol. The van der Waals surface area contributed by atoms with Gasteiger partial charge in [0, 0.05) is 29.3 Å². The average molecular weight is 724 g/mol. The quantitative estimate of drug-likeness (QED) is 0.0763. The van der Waals surface area contributed by atoms with E-state index in [0.717, 1.165) is 11.3 Å². The summed E-state index contributed by atoms with van der Waals surface area (Å²) in [6.45, 7) is 4.48. The summed E-state index contributed by atoms with van der Waals surface area (Å²) in [6.07, 6.45) is 0.683. The first-order chi connectivity index (χ1) is 25.8. The maximum atomic E-state index is 12.6. The number of carbonyl (C=O) groups excluding carboxylic acids is 1. The van der Waals surface area contributed by atoms with Crippen molar-refractivity contribution in [2.24, 2.45) is 0 Å². The van der Waals surface area contributed by atoms with Crippen LogP contribution in [0.2, 0.25) is 0 Å². The minimum absolute atomic E-state index is 0.144. The zero-order valence-electron chi connectivity index (χ0n) is 30.4. The highest BCUT2D eigenvalue weighted by Gasteiger charge is 2.25. The van der Waals surface area contributed by atoms with Gasteiger partial charge < -0.3 is 53.1 Å². The summed E-state index contributed by atoms with van der Waals surface area (Å²) in [5.74, 6) is 4.61. The van der Waals surface area contributed by atoms with Gasteiger partial charge in [0.15, 0.2) is 40.3 Å². The van der Waals surface area contributed by atoms with E-state index in [1.807, 2.05) is 36.4 Å². The number of allylic oxidation sites excluding steroid dienone is 1. The number of fused-ring (bicyclic) bond motifs is 1. The van der Waals surface area contributed by atoms with Crippen molar-refractivity contribution in [3.8, 4) is 68.6 Å². The van der Waals surface area contributed by atoms with Crippen molar-refractivity contribution >= 4 is 11.6 Å². The number of hydrogen-bond acceptors (Lipinski definition) is 12. The number of nitrogens with one attached hydrogen (secondary N) is 2. The van der Waals surface area contributed by atoms with E-state index in [-0.39, 0.29) is 5.91 Å². The molecule has 0 saturated heterocycles. The third-order valence-corrected chi connectivity index (χ3v) is 8.59. The van der Waals surface area contributed by atoms with E-state index in [9.17, 15) is 4.79 Å². The summed E-state index contributed by atoms with van der Waals surface area (Å²) in [7, 11) is 9.31. The van der Waals surface area contributed by atoms with E-state index in [0.29, 0.717) is 99.3 Å². The molecular weight excluding hydrogens is 682 g/mol. The molecule has 0 saturated carbocycles. The fourth-order valence-corrected chi connectivity index (χ4v) is 5.90. The minimum Gasteiger partial charge on any atom is -0.493 e. The lowest BCUT2D eigenvalue weighted by Crippen LogP contribution is -2.38. The second-order valence-electron chi connectivity index (χ2n) is 11.8. The number of anilines is 1. The van der Waals surface area contributed by atoms with Gasteiger partial charge in [-0.1, -0.05) is 29.9 Å². The Morgan fingerprint density at radius 1 is 0.717 bits per heavy atom. The summed E-state index contributed by atoms with van der Waals surface area (Å²) in [4.78, 5) is 12.6. The first-order valence-corrected chi connectivity index (χ1v) is 16.7. The first-order valence-electron chi connectivity index (χ1n) is 16.7. The number of carbonyl (C=O) groups is 1. The molecule has 6 rings (SSSR count). The van der Waals surface area contributed by atoms with Gasteiger partial charge in [-0.3, -0.25) is 4.79 Å². The molecule has 1 amide bonds. The molecule has 2 N–H and O–H groups in total. The molecule has 0 fully saturated rings. The zero-order chi connectivity index (χ0) is 37.5. The van der Waals surface area contributed by atoms with Gasteiger partial charge in [0.05, 0.1) is 60.6 Å². The van der Waals surface area contributed by atoms with Crippen LogP contribution in [-0.2, 0) is 0 Å². The summed E-state index contributed by atoms with van der Waals surface area (Å²) in [5.41, 5.74) is 4.12. The van der Waals surface area contributed by atoms with Crippen LogP contribution in [0.3, 0.4) is 0 Å². The predicted octanol–water partition coefficient (Wildman–Crippen LogP) is 7.67. The molecule has 0 bridgehead atoms. The third kappa shape index (κ3) is 7.74. The molecule has 0 radical (unpaired) electrons. The Kier molecular flexibility index (Phi) is 11.1. The molecule has 276 valence electrons. The van der Waals surface area contributed by atoms with Crippen LogP contribution in [0.4, 0.5) is 5.69 Å². The van der Waals surface area contributed by atoms with Gasteiger partial charge in [0.2, 0.25) is 11.5 Å². The van der Waals surface area contributed by atoms with Gasteiger partial charge in [-0.25, -0.2) is 0 Å². The van der Waals surface area contributed by atoms with Gasteiger partial charge in [-0.2, -0.15) is 0 Å². The number of benzene rings is 4. The highest BCUT2D eigenvalue weighted by atomic mass is 16.5. The van der Waals surface area contributed by atoms with Crippen molar-refractivity contribution in [2.45, 2.75) is 19.0 Å². The normalized spacial score (nSPS) is 13.2. The number of aromatic nitrogens is 1. The Bertz CT molecular complexity index is 2060. The van der Waals surface area contributed by atoms with Crippen LogP contribution in [0.1, 0.15) is 34.9 Å². The van der Waals surface area contributed by atoms with Gasteiger partial charge in [-0.15, -0.1) is 0 Å². The molecule has 1 aliphatic rings. The van der Waals surface area contributed by atoms with Gasteiger partial charge in [0.1, 0.15) is 11.9 Å². The van der Waals surface area contributed by atoms with E-state index >= 15 is 0 Å². The van der Waals surface area contributed by atoms with Gasteiger partial charge in [0.25, 0.3) is 5.91 Å². The van der Waals surface area contributed by atoms with Crippen LogP contribution in [0.25, 0.3) is 22.6 Å². The zero-order valence-corrected chi connectivity index (χ0v) is 30.4. The molecule has 0 aliphatic carbocycles. The molecule has 0 spiro atoms. The van der Waals surface area contributed by atoms with Gasteiger partial charge in [-0.05, 0) is 60.5 Å². The SMILES string of the molecule is C=C(CCCOc1ccc(C2NC(=O)c3ccccc3N2)cc1OC)Oc1c(OC)cc(-c2cc(-c3cc(OC)c(OC)c(OC)c3)no2)cc1OC. The lowest BCUT2D eigenvalue weighted by Gasteiger charge is -2.28. The number of hydrogen-bond donors (Lipinski definition) is 2. The van der Waals surface area contributed by atoms with Crippen molar-refractivity contribution in [1.82, 2.24) is 10.5 Å². The molecule has 1 atom stereocenters. The van der Waals surface area contributed by atoms with Crippen LogP contribution in [0.15, 0.2) is 89.7 Å². The lowest BCUT2D eigenvalue weighted by atomic mass is 10.1. The Hall–Kier alpha value is -6.50. The Labute approximate surface area is 307 Å². The summed E-state index contributed by atoms with van der Waals surface area (Å²) in [5, 5.41) is 10.6. The lowest BCUT2D eigenvalue weighted by molar-refractivity contribution is 0.0935. The Morgan fingerprint density at radius 3 is 2.02 bits per heavy atom. The van der Waals surface area contributed by atoms with Crippen molar-refractivity contribution in [2.75, 3.05) is 54.6 Å². The summed E-state index contributed by atoms with van der Waals surface area (Å²) in [6, 6.07) is 21.9. The highest BCUT2D eigenvalue weighted by Crippen LogP contribution is 2.45. The fraction of sp³-hybridized carbons (Fsp3) is 0.250.